The van der Waals surface area contributed by atoms with Crippen LogP contribution in [-0.4, -0.2) is 18.1 Å². The van der Waals surface area contributed by atoms with Crippen LogP contribution in [0.1, 0.15) is 45.1 Å². The number of anilines is 1. The highest BCUT2D eigenvalue weighted by Gasteiger charge is 2.29. The van der Waals surface area contributed by atoms with E-state index in [0.717, 1.165) is 15.7 Å². The molecule has 0 radical (unpaired) electrons. The monoisotopic (exact) mass is 354 g/mol. The molecule has 110 valence electrons. The number of halogens is 1. The van der Waals surface area contributed by atoms with E-state index in [4.69, 9.17) is 18.0 Å². The summed E-state index contributed by atoms with van der Waals surface area (Å²) in [5.41, 5.74) is 8.46. The second-order valence-electron chi connectivity index (χ2n) is 6.53. The van der Waals surface area contributed by atoms with Gasteiger partial charge in [-0.15, -0.1) is 0 Å². The second-order valence-corrected chi connectivity index (χ2v) is 7.89. The SMILES string of the molecule is CN(c1cc(Br)ccc1C(N)=S)C1CCC(C)(C)CC1. The van der Waals surface area contributed by atoms with Gasteiger partial charge in [-0.2, -0.15) is 0 Å². The summed E-state index contributed by atoms with van der Waals surface area (Å²) in [6, 6.07) is 6.69. The van der Waals surface area contributed by atoms with Gasteiger partial charge in [-0.05, 0) is 49.3 Å². The second kappa shape index (κ2) is 6.02. The Hall–Kier alpha value is -0.610. The summed E-state index contributed by atoms with van der Waals surface area (Å²) in [5.74, 6) is 0. The molecule has 0 aromatic heterocycles. The molecule has 2 N–H and O–H groups in total. The van der Waals surface area contributed by atoms with Crippen LogP contribution >= 0.6 is 28.1 Å². The Balaban J connectivity index is 2.23. The van der Waals surface area contributed by atoms with Gasteiger partial charge in [0.2, 0.25) is 0 Å². The number of rotatable bonds is 3. The lowest BCUT2D eigenvalue weighted by atomic mass is 9.75. The van der Waals surface area contributed by atoms with Crippen molar-refractivity contribution >= 4 is 38.8 Å². The van der Waals surface area contributed by atoms with Crippen LogP contribution in [0.3, 0.4) is 0 Å². The van der Waals surface area contributed by atoms with Crippen LogP contribution < -0.4 is 10.6 Å². The predicted molar refractivity (Wildman–Crippen MR) is 94.5 cm³/mol. The lowest BCUT2D eigenvalue weighted by molar-refractivity contribution is 0.222. The van der Waals surface area contributed by atoms with E-state index in [2.05, 4.69) is 47.8 Å². The highest BCUT2D eigenvalue weighted by Crippen LogP contribution is 2.38. The first-order chi connectivity index (χ1) is 9.30. The molecule has 0 spiro atoms. The van der Waals surface area contributed by atoms with E-state index in [1.807, 2.05) is 12.1 Å². The molecule has 2 rings (SSSR count). The van der Waals surface area contributed by atoms with Crippen LogP contribution in [0.25, 0.3) is 0 Å². The van der Waals surface area contributed by atoms with Gasteiger partial charge in [-0.3, -0.25) is 0 Å². The number of thiocarbonyl (C=S) groups is 1. The summed E-state index contributed by atoms with van der Waals surface area (Å²) in [7, 11) is 2.16. The number of benzene rings is 1. The zero-order valence-electron chi connectivity index (χ0n) is 12.4. The summed E-state index contributed by atoms with van der Waals surface area (Å²) >= 11 is 8.73. The molecule has 1 aliphatic rings. The van der Waals surface area contributed by atoms with Crippen LogP contribution in [0.4, 0.5) is 5.69 Å². The fourth-order valence-electron chi connectivity index (χ4n) is 2.97. The Morgan fingerprint density at radius 3 is 2.50 bits per heavy atom. The van der Waals surface area contributed by atoms with Crippen molar-refractivity contribution in [3.05, 3.63) is 28.2 Å². The molecule has 0 unspecified atom stereocenters. The van der Waals surface area contributed by atoms with Crippen LogP contribution in [0.5, 0.6) is 0 Å². The fraction of sp³-hybridized carbons (Fsp3) is 0.562. The van der Waals surface area contributed by atoms with Crippen LogP contribution in [-0.2, 0) is 0 Å². The van der Waals surface area contributed by atoms with Gasteiger partial charge in [0.25, 0.3) is 0 Å². The van der Waals surface area contributed by atoms with Crippen molar-refractivity contribution in [2.24, 2.45) is 11.1 Å². The minimum absolute atomic E-state index is 0.468. The summed E-state index contributed by atoms with van der Waals surface area (Å²) in [6.45, 7) is 4.73. The van der Waals surface area contributed by atoms with Gasteiger partial charge in [0.05, 0.1) is 0 Å². The van der Waals surface area contributed by atoms with Crippen molar-refractivity contribution in [2.45, 2.75) is 45.6 Å². The van der Waals surface area contributed by atoms with E-state index in [1.54, 1.807) is 0 Å². The minimum Gasteiger partial charge on any atom is -0.389 e. The van der Waals surface area contributed by atoms with Gasteiger partial charge in [-0.1, -0.05) is 42.0 Å². The van der Waals surface area contributed by atoms with Crippen LogP contribution in [0, 0.1) is 5.41 Å². The predicted octanol–water partition coefficient (Wildman–Crippen LogP) is 4.49. The minimum atomic E-state index is 0.468. The molecule has 0 heterocycles. The van der Waals surface area contributed by atoms with Gasteiger partial charge in [0, 0.05) is 28.8 Å². The average molecular weight is 355 g/mol. The fourth-order valence-corrected chi connectivity index (χ4v) is 3.49. The van der Waals surface area contributed by atoms with E-state index in [0.29, 0.717) is 16.4 Å². The van der Waals surface area contributed by atoms with Crippen molar-refractivity contribution in [2.75, 3.05) is 11.9 Å². The number of nitrogens with zero attached hydrogens (tertiary/aromatic N) is 1. The van der Waals surface area contributed by atoms with Gasteiger partial charge >= 0.3 is 0 Å². The molecule has 0 amide bonds. The molecule has 0 aliphatic heterocycles. The van der Waals surface area contributed by atoms with Crippen LogP contribution in [0.2, 0.25) is 0 Å². The summed E-state index contributed by atoms with van der Waals surface area (Å²) in [4.78, 5) is 2.82. The third-order valence-electron chi connectivity index (χ3n) is 4.46. The summed E-state index contributed by atoms with van der Waals surface area (Å²) < 4.78 is 1.07. The molecule has 0 atom stereocenters. The van der Waals surface area contributed by atoms with Gasteiger partial charge in [-0.25, -0.2) is 0 Å². The Kier molecular flexibility index (Phi) is 4.75. The molecular formula is C16H23BrN2S. The summed E-state index contributed by atoms with van der Waals surface area (Å²) in [5, 5.41) is 0. The van der Waals surface area contributed by atoms with E-state index in [-0.39, 0.29) is 0 Å². The molecule has 1 aliphatic carbocycles. The van der Waals surface area contributed by atoms with E-state index in [9.17, 15) is 0 Å². The zero-order chi connectivity index (χ0) is 14.9. The highest BCUT2D eigenvalue weighted by atomic mass is 79.9. The normalized spacial score (nSPS) is 18.8. The topological polar surface area (TPSA) is 29.3 Å². The van der Waals surface area contributed by atoms with Crippen molar-refractivity contribution in [3.8, 4) is 0 Å². The molecule has 0 bridgehead atoms. The first-order valence-corrected chi connectivity index (χ1v) is 8.32. The number of nitrogens with two attached hydrogens (primary N) is 1. The number of hydrogen-bond acceptors (Lipinski definition) is 2. The van der Waals surface area contributed by atoms with E-state index >= 15 is 0 Å². The standard InChI is InChI=1S/C16H23BrN2S/c1-16(2)8-6-12(7-9-16)19(3)14-10-11(17)4-5-13(14)15(18)20/h4-5,10,12H,6-9H2,1-3H3,(H2,18,20). The Labute approximate surface area is 135 Å². The average Bonchev–Trinajstić information content (AvgIpc) is 2.37. The maximum Gasteiger partial charge on any atom is 0.106 e. The molecule has 1 saturated carbocycles. The maximum absolute atomic E-state index is 5.86. The van der Waals surface area contributed by atoms with Crippen LogP contribution in [0.15, 0.2) is 22.7 Å². The van der Waals surface area contributed by atoms with Gasteiger partial charge < -0.3 is 10.6 Å². The Morgan fingerprint density at radius 2 is 1.95 bits per heavy atom. The molecule has 1 aromatic rings. The molecular weight excluding hydrogens is 332 g/mol. The largest absolute Gasteiger partial charge is 0.389 e. The molecule has 0 saturated heterocycles. The van der Waals surface area contributed by atoms with Gasteiger partial charge in [0.1, 0.15) is 4.99 Å². The zero-order valence-corrected chi connectivity index (χ0v) is 14.9. The van der Waals surface area contributed by atoms with Crippen molar-refractivity contribution < 1.29 is 0 Å². The maximum atomic E-state index is 5.86. The van der Waals surface area contributed by atoms with Crippen molar-refractivity contribution in [1.29, 1.82) is 0 Å². The Bertz CT molecular complexity index is 503. The smallest absolute Gasteiger partial charge is 0.106 e. The number of hydrogen-bond donors (Lipinski definition) is 1. The highest BCUT2D eigenvalue weighted by molar-refractivity contribution is 9.10. The quantitative estimate of drug-likeness (QED) is 0.810. The first kappa shape index (κ1) is 15.8. The van der Waals surface area contributed by atoms with E-state index in [1.165, 1.54) is 25.7 Å². The lowest BCUT2D eigenvalue weighted by Crippen LogP contribution is -2.38. The molecule has 20 heavy (non-hydrogen) atoms. The Morgan fingerprint density at radius 1 is 1.35 bits per heavy atom. The third kappa shape index (κ3) is 3.53. The van der Waals surface area contributed by atoms with Crippen molar-refractivity contribution in [3.63, 3.8) is 0 Å². The van der Waals surface area contributed by atoms with Gasteiger partial charge in [0.15, 0.2) is 0 Å². The molecule has 4 heteroatoms. The molecule has 2 nitrogen and oxygen atoms in total. The van der Waals surface area contributed by atoms with E-state index < -0.39 is 0 Å². The lowest BCUT2D eigenvalue weighted by Gasteiger charge is -2.40. The third-order valence-corrected chi connectivity index (χ3v) is 5.17. The molecule has 1 aromatic carbocycles. The molecule has 1 fully saturated rings. The summed E-state index contributed by atoms with van der Waals surface area (Å²) in [6.07, 6.45) is 5.01. The van der Waals surface area contributed by atoms with Crippen molar-refractivity contribution in [1.82, 2.24) is 0 Å². The first-order valence-electron chi connectivity index (χ1n) is 7.12.